The van der Waals surface area contributed by atoms with Crippen LogP contribution in [0, 0.1) is 0 Å². The summed E-state index contributed by atoms with van der Waals surface area (Å²) in [6.45, 7) is 1.02. The minimum Gasteiger partial charge on any atom is -0.478 e. The normalized spacial score (nSPS) is 13.8. The molecule has 0 saturated heterocycles. The predicted molar refractivity (Wildman–Crippen MR) is 119 cm³/mol. The van der Waals surface area contributed by atoms with Gasteiger partial charge >= 0.3 is 12.1 Å². The standard InChI is InChI=1S/C20H22Cl2N2O3.C2HF3O/c1-23(15-3-2-4-15)12-18-16(21)11-17(22)19(25)24(18)10-9-13-5-7-14(8-6-13)20(26)27;3-2(4,5)1-6/h5-8,11,15H,2-4,9-10,12H2,1H3,(H,26,27);1H. The number of carboxylic acid groups (broad SMARTS) is 1. The number of hydrogen-bond acceptors (Lipinski definition) is 4. The molecule has 1 aliphatic rings. The molecule has 1 fully saturated rings. The fourth-order valence-corrected chi connectivity index (χ4v) is 3.82. The summed E-state index contributed by atoms with van der Waals surface area (Å²) in [5.74, 6) is -0.958. The monoisotopic (exact) mass is 506 g/mol. The number of carbonyl (C=O) groups is 2. The minimum atomic E-state index is -4.64. The van der Waals surface area contributed by atoms with Crippen LogP contribution < -0.4 is 5.56 Å². The highest BCUT2D eigenvalue weighted by Crippen LogP contribution is 2.27. The Morgan fingerprint density at radius 3 is 2.24 bits per heavy atom. The van der Waals surface area contributed by atoms with Gasteiger partial charge in [0.25, 0.3) is 5.56 Å². The van der Waals surface area contributed by atoms with E-state index in [1.807, 2.05) is 7.05 Å². The summed E-state index contributed by atoms with van der Waals surface area (Å²) in [6, 6.07) is 8.71. The number of rotatable bonds is 7. The number of aromatic nitrogens is 1. The van der Waals surface area contributed by atoms with Gasteiger partial charge in [-0.1, -0.05) is 41.8 Å². The second-order valence-electron chi connectivity index (χ2n) is 7.66. The molecule has 11 heteroatoms. The van der Waals surface area contributed by atoms with Crippen LogP contribution in [0.4, 0.5) is 13.2 Å². The average molecular weight is 507 g/mol. The fraction of sp³-hybridized carbons (Fsp3) is 0.409. The van der Waals surface area contributed by atoms with Gasteiger partial charge in [0.1, 0.15) is 5.02 Å². The molecule has 1 aliphatic carbocycles. The van der Waals surface area contributed by atoms with Crippen LogP contribution in [0.1, 0.15) is 40.9 Å². The lowest BCUT2D eigenvalue weighted by Crippen LogP contribution is -2.38. The lowest BCUT2D eigenvalue weighted by atomic mass is 9.92. The SMILES string of the molecule is CN(Cc1c(Cl)cc(Cl)c(=O)n1CCc1ccc(C(=O)O)cc1)C1CCC1.O=CC(F)(F)F. The third kappa shape index (κ3) is 7.87. The number of carboxylic acids is 1. The zero-order valence-electron chi connectivity index (χ0n) is 17.7. The van der Waals surface area contributed by atoms with Gasteiger partial charge in [-0.3, -0.25) is 14.5 Å². The van der Waals surface area contributed by atoms with Crippen molar-refractivity contribution in [2.75, 3.05) is 7.05 Å². The van der Waals surface area contributed by atoms with Crippen molar-refractivity contribution in [2.45, 2.75) is 51.0 Å². The van der Waals surface area contributed by atoms with E-state index in [0.29, 0.717) is 30.6 Å². The summed E-state index contributed by atoms with van der Waals surface area (Å²) in [7, 11) is 2.05. The van der Waals surface area contributed by atoms with Gasteiger partial charge < -0.3 is 9.67 Å². The number of carbonyl (C=O) groups excluding carboxylic acids is 1. The highest BCUT2D eigenvalue weighted by molar-refractivity contribution is 6.34. The fourth-order valence-electron chi connectivity index (χ4n) is 3.28. The highest BCUT2D eigenvalue weighted by atomic mass is 35.5. The molecule has 0 amide bonds. The first-order valence-electron chi connectivity index (χ1n) is 10.1. The van der Waals surface area contributed by atoms with Gasteiger partial charge in [-0.05, 0) is 50.1 Å². The second kappa shape index (κ2) is 11.7. The molecule has 33 heavy (non-hydrogen) atoms. The number of nitrogens with zero attached hydrogens (tertiary/aromatic N) is 2. The molecule has 180 valence electrons. The average Bonchev–Trinajstić information content (AvgIpc) is 2.70. The Morgan fingerprint density at radius 1 is 1.21 bits per heavy atom. The van der Waals surface area contributed by atoms with Crippen LogP contribution in [0.15, 0.2) is 35.1 Å². The van der Waals surface area contributed by atoms with Crippen molar-refractivity contribution >= 4 is 35.5 Å². The largest absolute Gasteiger partial charge is 0.478 e. The maximum atomic E-state index is 12.6. The number of benzene rings is 1. The summed E-state index contributed by atoms with van der Waals surface area (Å²) in [5.41, 5.74) is 1.70. The Hall–Kier alpha value is -2.36. The van der Waals surface area contributed by atoms with Crippen molar-refractivity contribution in [3.8, 4) is 0 Å². The number of halogens is 5. The molecule has 0 unspecified atom stereocenters. The first-order valence-corrected chi connectivity index (χ1v) is 10.8. The van der Waals surface area contributed by atoms with Crippen LogP contribution in [0.3, 0.4) is 0 Å². The van der Waals surface area contributed by atoms with E-state index in [0.717, 1.165) is 11.3 Å². The predicted octanol–water partition coefficient (Wildman–Crippen LogP) is 4.83. The van der Waals surface area contributed by atoms with Crippen molar-refractivity contribution in [1.29, 1.82) is 0 Å². The number of aromatic carboxylic acids is 1. The van der Waals surface area contributed by atoms with E-state index in [4.69, 9.17) is 33.1 Å². The van der Waals surface area contributed by atoms with Crippen LogP contribution in [-0.2, 0) is 24.3 Å². The van der Waals surface area contributed by atoms with E-state index >= 15 is 0 Å². The first kappa shape index (κ1) is 26.9. The lowest BCUT2D eigenvalue weighted by Gasteiger charge is -2.35. The number of aldehydes is 1. The first-order chi connectivity index (χ1) is 15.4. The van der Waals surface area contributed by atoms with E-state index < -0.39 is 18.4 Å². The Balaban J connectivity index is 0.000000569. The summed E-state index contributed by atoms with van der Waals surface area (Å²) in [4.78, 5) is 34.5. The van der Waals surface area contributed by atoms with Gasteiger partial charge in [-0.15, -0.1) is 0 Å². The van der Waals surface area contributed by atoms with E-state index in [1.165, 1.54) is 25.3 Å². The molecule has 0 atom stereocenters. The van der Waals surface area contributed by atoms with Crippen molar-refractivity contribution in [2.24, 2.45) is 0 Å². The Kier molecular flexibility index (Phi) is 9.51. The highest BCUT2D eigenvalue weighted by Gasteiger charge is 2.25. The molecular formula is C22H23Cl2F3N2O4. The van der Waals surface area contributed by atoms with Crippen molar-refractivity contribution in [1.82, 2.24) is 9.47 Å². The number of alkyl halides is 3. The van der Waals surface area contributed by atoms with Crippen LogP contribution in [0.25, 0.3) is 0 Å². The lowest BCUT2D eigenvalue weighted by molar-refractivity contribution is -0.156. The number of hydrogen-bond donors (Lipinski definition) is 1. The molecular weight excluding hydrogens is 484 g/mol. The molecule has 1 aromatic carbocycles. The second-order valence-corrected chi connectivity index (χ2v) is 8.47. The summed E-state index contributed by atoms with van der Waals surface area (Å²) in [5, 5.41) is 9.59. The third-order valence-electron chi connectivity index (χ3n) is 5.36. The zero-order chi connectivity index (χ0) is 24.8. The van der Waals surface area contributed by atoms with Crippen molar-refractivity contribution in [3.63, 3.8) is 0 Å². The van der Waals surface area contributed by atoms with Gasteiger partial charge in [0.15, 0.2) is 0 Å². The third-order valence-corrected chi connectivity index (χ3v) is 5.96. The molecule has 1 N–H and O–H groups in total. The molecule has 1 saturated carbocycles. The van der Waals surface area contributed by atoms with Gasteiger partial charge in [-0.2, -0.15) is 13.2 Å². The Bertz CT molecular complexity index is 1040. The summed E-state index contributed by atoms with van der Waals surface area (Å²) < 4.78 is 32.9. The minimum absolute atomic E-state index is 0.108. The number of pyridine rings is 1. The maximum absolute atomic E-state index is 12.6. The van der Waals surface area contributed by atoms with E-state index in [-0.39, 0.29) is 16.1 Å². The maximum Gasteiger partial charge on any atom is 0.446 e. The van der Waals surface area contributed by atoms with Crippen LogP contribution >= 0.6 is 23.2 Å². The van der Waals surface area contributed by atoms with Crippen LogP contribution in [-0.4, -0.2) is 46.1 Å². The molecule has 0 radical (unpaired) electrons. The van der Waals surface area contributed by atoms with E-state index in [1.54, 1.807) is 28.8 Å². The molecule has 0 bridgehead atoms. The van der Waals surface area contributed by atoms with Gasteiger partial charge in [-0.25, -0.2) is 4.79 Å². The van der Waals surface area contributed by atoms with Gasteiger partial charge in [0, 0.05) is 19.1 Å². The molecule has 6 nitrogen and oxygen atoms in total. The van der Waals surface area contributed by atoms with Gasteiger partial charge in [0.05, 0.1) is 16.3 Å². The molecule has 0 spiro atoms. The van der Waals surface area contributed by atoms with Crippen molar-refractivity contribution in [3.05, 3.63) is 67.6 Å². The quantitative estimate of drug-likeness (QED) is 0.544. The van der Waals surface area contributed by atoms with E-state index in [9.17, 15) is 22.8 Å². The smallest absolute Gasteiger partial charge is 0.446 e. The molecule has 1 heterocycles. The summed E-state index contributed by atoms with van der Waals surface area (Å²) >= 11 is 12.5. The van der Waals surface area contributed by atoms with Crippen LogP contribution in [0.5, 0.6) is 0 Å². The molecule has 1 aromatic heterocycles. The Labute approximate surface area is 198 Å². The van der Waals surface area contributed by atoms with Gasteiger partial charge in [0.2, 0.25) is 6.29 Å². The summed E-state index contributed by atoms with van der Waals surface area (Å²) in [6.07, 6.45) is -1.55. The Morgan fingerprint density at radius 2 is 1.79 bits per heavy atom. The molecule has 0 aliphatic heterocycles. The topological polar surface area (TPSA) is 79.6 Å². The van der Waals surface area contributed by atoms with Crippen molar-refractivity contribution < 1.29 is 27.9 Å². The van der Waals surface area contributed by atoms with E-state index in [2.05, 4.69) is 4.90 Å². The molecule has 3 rings (SSSR count). The zero-order valence-corrected chi connectivity index (χ0v) is 19.3. The number of aryl methyl sites for hydroxylation is 1. The molecule has 2 aromatic rings. The van der Waals surface area contributed by atoms with Crippen LogP contribution in [0.2, 0.25) is 10.0 Å².